The minimum absolute atomic E-state index is 0.0694. The van der Waals surface area contributed by atoms with Gasteiger partial charge in [-0.1, -0.05) is 20.8 Å². The highest BCUT2D eigenvalue weighted by Gasteiger charge is 2.33. The number of hydrogen-bond acceptors (Lipinski definition) is 3. The van der Waals surface area contributed by atoms with Gasteiger partial charge in [0, 0.05) is 0 Å². The van der Waals surface area contributed by atoms with Crippen LogP contribution in [0.3, 0.4) is 0 Å². The third-order valence-electron chi connectivity index (χ3n) is 1.85. The monoisotopic (exact) mass is 160 g/mol. The lowest BCUT2D eigenvalue weighted by atomic mass is 9.91. The van der Waals surface area contributed by atoms with Crippen LogP contribution in [-0.4, -0.2) is 11.7 Å². The highest BCUT2D eigenvalue weighted by atomic mass is 17.1. The van der Waals surface area contributed by atoms with Crippen molar-refractivity contribution >= 4 is 6.47 Å². The fourth-order valence-electron chi connectivity index (χ4n) is 0.949. The Labute approximate surface area is 67.3 Å². The second-order valence-electron chi connectivity index (χ2n) is 3.84. The first kappa shape index (κ1) is 10.4. The molecule has 0 spiro atoms. The Hall–Kier alpha value is -0.570. The molecule has 0 unspecified atom stereocenters. The predicted molar refractivity (Wildman–Crippen MR) is 42.0 cm³/mol. The summed E-state index contributed by atoms with van der Waals surface area (Å²) in [5, 5.41) is 7.01. The van der Waals surface area contributed by atoms with Gasteiger partial charge in [0.2, 0.25) is 0 Å². The van der Waals surface area contributed by atoms with Gasteiger partial charge in [0.25, 0.3) is 0 Å². The molecule has 1 rings (SSSR count). The summed E-state index contributed by atoms with van der Waals surface area (Å²) >= 11 is 0. The van der Waals surface area contributed by atoms with Gasteiger partial charge in [0.1, 0.15) is 0 Å². The topological polar surface area (TPSA) is 46.5 Å². The van der Waals surface area contributed by atoms with Gasteiger partial charge in [-0.25, -0.2) is 5.26 Å². The van der Waals surface area contributed by atoms with Crippen LogP contribution in [0, 0.1) is 11.3 Å². The lowest BCUT2D eigenvalue weighted by Crippen LogP contribution is -2.06. The minimum atomic E-state index is -0.0694. The van der Waals surface area contributed by atoms with E-state index in [4.69, 9.17) is 10.1 Å². The smallest absolute Gasteiger partial charge is 0.304 e. The maximum Gasteiger partial charge on any atom is 0.330 e. The van der Waals surface area contributed by atoms with Gasteiger partial charge in [-0.05, 0) is 24.2 Å². The molecule has 0 saturated heterocycles. The fourth-order valence-corrected chi connectivity index (χ4v) is 0.949. The Morgan fingerprint density at radius 2 is 1.82 bits per heavy atom. The zero-order valence-corrected chi connectivity index (χ0v) is 7.33. The molecular formula is C8H16O3. The van der Waals surface area contributed by atoms with Crippen LogP contribution in [-0.2, 0) is 9.68 Å². The molecule has 11 heavy (non-hydrogen) atoms. The van der Waals surface area contributed by atoms with Crippen molar-refractivity contribution in [2.75, 3.05) is 0 Å². The summed E-state index contributed by atoms with van der Waals surface area (Å²) in [6.45, 7) is 6.90. The second kappa shape index (κ2) is 4.34. The summed E-state index contributed by atoms with van der Waals surface area (Å²) in [5.41, 5.74) is 0.611. The van der Waals surface area contributed by atoms with Crippen molar-refractivity contribution < 1.29 is 14.9 Å². The van der Waals surface area contributed by atoms with Gasteiger partial charge >= 0.3 is 6.47 Å². The molecule has 1 N–H and O–H groups in total. The standard InChI is InChI=1S/C7H14.CH2O3/c1-7(2,3)6-4-5-6;2-1-4-3/h6H,4-5H2,1-3H3;1,3H. The third kappa shape index (κ3) is 5.85. The minimum Gasteiger partial charge on any atom is -0.304 e. The van der Waals surface area contributed by atoms with Crippen LogP contribution in [0.15, 0.2) is 0 Å². The molecular weight excluding hydrogens is 144 g/mol. The van der Waals surface area contributed by atoms with E-state index in [2.05, 4.69) is 25.7 Å². The van der Waals surface area contributed by atoms with Crippen molar-refractivity contribution in [3.8, 4) is 0 Å². The SMILES string of the molecule is CC(C)(C)C1CC1.O=COO. The van der Waals surface area contributed by atoms with E-state index >= 15 is 0 Å². The van der Waals surface area contributed by atoms with Crippen LogP contribution in [0.1, 0.15) is 33.6 Å². The molecule has 0 heterocycles. The maximum atomic E-state index is 8.70. The molecule has 0 aromatic rings. The molecule has 3 heteroatoms. The highest BCUT2D eigenvalue weighted by molar-refractivity contribution is 5.35. The van der Waals surface area contributed by atoms with E-state index in [1.54, 1.807) is 0 Å². The predicted octanol–water partition coefficient (Wildman–Crippen LogP) is 2.07. The molecule has 1 saturated carbocycles. The van der Waals surface area contributed by atoms with Gasteiger partial charge in [-0.15, -0.1) is 0 Å². The summed E-state index contributed by atoms with van der Waals surface area (Å²) in [7, 11) is 0. The van der Waals surface area contributed by atoms with Crippen LogP contribution < -0.4 is 0 Å². The zero-order valence-electron chi connectivity index (χ0n) is 7.33. The van der Waals surface area contributed by atoms with Crippen LogP contribution in [0.4, 0.5) is 0 Å². The van der Waals surface area contributed by atoms with E-state index in [1.165, 1.54) is 12.8 Å². The molecule has 1 fully saturated rings. The molecule has 0 radical (unpaired) electrons. The van der Waals surface area contributed by atoms with Gasteiger partial charge in [-0.3, -0.25) is 4.79 Å². The zero-order chi connectivity index (χ0) is 8.91. The molecule has 1 aliphatic carbocycles. The van der Waals surface area contributed by atoms with E-state index in [1.807, 2.05) is 0 Å². The molecule has 0 aliphatic heterocycles. The van der Waals surface area contributed by atoms with Crippen LogP contribution in [0.25, 0.3) is 0 Å². The van der Waals surface area contributed by atoms with Crippen LogP contribution >= 0.6 is 0 Å². The first-order valence-electron chi connectivity index (χ1n) is 3.76. The quantitative estimate of drug-likeness (QED) is 0.363. The number of carbonyl (C=O) groups is 1. The second-order valence-corrected chi connectivity index (χ2v) is 3.84. The van der Waals surface area contributed by atoms with Crippen molar-refractivity contribution in [1.82, 2.24) is 0 Å². The van der Waals surface area contributed by atoms with Crippen molar-refractivity contribution in [3.05, 3.63) is 0 Å². The Balaban J connectivity index is 0.000000218. The van der Waals surface area contributed by atoms with Crippen molar-refractivity contribution in [1.29, 1.82) is 0 Å². The molecule has 1 aliphatic rings. The van der Waals surface area contributed by atoms with Crippen LogP contribution in [0.2, 0.25) is 0 Å². The van der Waals surface area contributed by atoms with Crippen molar-refractivity contribution in [3.63, 3.8) is 0 Å². The maximum absolute atomic E-state index is 8.70. The van der Waals surface area contributed by atoms with E-state index < -0.39 is 0 Å². The molecule has 3 nitrogen and oxygen atoms in total. The fraction of sp³-hybridized carbons (Fsp3) is 0.875. The van der Waals surface area contributed by atoms with Gasteiger partial charge < -0.3 is 4.89 Å². The number of hydrogen-bond donors (Lipinski definition) is 1. The highest BCUT2D eigenvalue weighted by Crippen LogP contribution is 2.44. The normalized spacial score (nSPS) is 16.4. The molecule has 0 bridgehead atoms. The average molecular weight is 160 g/mol. The first-order chi connectivity index (χ1) is 5.02. The Kier molecular flexibility index (Phi) is 4.11. The summed E-state index contributed by atoms with van der Waals surface area (Å²) in [6.07, 6.45) is 2.95. The van der Waals surface area contributed by atoms with E-state index in [-0.39, 0.29) is 6.47 Å². The molecule has 0 atom stereocenters. The van der Waals surface area contributed by atoms with Gasteiger partial charge in [0.05, 0.1) is 0 Å². The van der Waals surface area contributed by atoms with Gasteiger partial charge in [0.15, 0.2) is 0 Å². The summed E-state index contributed by atoms with van der Waals surface area (Å²) < 4.78 is 0. The Bertz CT molecular complexity index is 111. The largest absolute Gasteiger partial charge is 0.330 e. The third-order valence-corrected chi connectivity index (χ3v) is 1.85. The van der Waals surface area contributed by atoms with E-state index in [9.17, 15) is 0 Å². The molecule has 0 amide bonds. The Morgan fingerprint density at radius 1 is 1.45 bits per heavy atom. The molecule has 66 valence electrons. The number of carbonyl (C=O) groups excluding carboxylic acids is 1. The van der Waals surface area contributed by atoms with Crippen molar-refractivity contribution in [2.45, 2.75) is 33.6 Å². The lowest BCUT2D eigenvalue weighted by molar-refractivity contribution is -0.217. The van der Waals surface area contributed by atoms with E-state index in [0.717, 1.165) is 5.92 Å². The van der Waals surface area contributed by atoms with Crippen LogP contribution in [0.5, 0.6) is 0 Å². The lowest BCUT2D eigenvalue weighted by Gasteiger charge is -2.15. The molecule has 0 aromatic carbocycles. The number of rotatable bonds is 1. The average Bonchev–Trinajstić information content (AvgIpc) is 2.67. The van der Waals surface area contributed by atoms with E-state index in [0.29, 0.717) is 5.41 Å². The molecule has 0 aromatic heterocycles. The summed E-state index contributed by atoms with van der Waals surface area (Å²) in [6, 6.07) is 0. The first-order valence-corrected chi connectivity index (χ1v) is 3.76. The summed E-state index contributed by atoms with van der Waals surface area (Å²) in [5.74, 6) is 1.05. The van der Waals surface area contributed by atoms with Crippen molar-refractivity contribution in [2.24, 2.45) is 11.3 Å². The van der Waals surface area contributed by atoms with Gasteiger partial charge in [-0.2, -0.15) is 0 Å². The summed E-state index contributed by atoms with van der Waals surface area (Å²) in [4.78, 5) is 11.6. The Morgan fingerprint density at radius 3 is 1.82 bits per heavy atom.